The molecule has 0 saturated heterocycles. The van der Waals surface area contributed by atoms with Crippen LogP contribution >= 0.6 is 0 Å². The van der Waals surface area contributed by atoms with Gasteiger partial charge >= 0.3 is 5.97 Å². The molecule has 0 saturated carbocycles. The molecule has 0 aliphatic rings. The molecule has 105 valence electrons. The van der Waals surface area contributed by atoms with E-state index < -0.39 is 12.0 Å². The summed E-state index contributed by atoms with van der Waals surface area (Å²) in [7, 11) is 0. The molecule has 6 nitrogen and oxygen atoms in total. The van der Waals surface area contributed by atoms with Gasteiger partial charge in [0.1, 0.15) is 6.04 Å². The summed E-state index contributed by atoms with van der Waals surface area (Å²) in [5.41, 5.74) is 16.4. The maximum Gasteiger partial charge on any atom is 0.323 e. The molecule has 0 spiro atoms. The van der Waals surface area contributed by atoms with Gasteiger partial charge in [-0.05, 0) is 39.2 Å². The van der Waals surface area contributed by atoms with Crippen LogP contribution in [0, 0.1) is 6.61 Å². The van der Waals surface area contributed by atoms with Gasteiger partial charge in [0.05, 0.1) is 0 Å². The van der Waals surface area contributed by atoms with Crippen LogP contribution in [0.2, 0.25) is 0 Å². The highest BCUT2D eigenvalue weighted by atomic mass is 16.5. The molecule has 0 aromatic heterocycles. The van der Waals surface area contributed by atoms with Gasteiger partial charge in [-0.2, -0.15) is 0 Å². The monoisotopic (exact) mass is 258 g/mol. The van der Waals surface area contributed by atoms with Gasteiger partial charge in [-0.25, -0.2) is 0 Å². The average molecular weight is 258 g/mol. The SMILES string of the molecule is CC(N)CCCC(=O)[CH]OC(=O)[C@@H](N)CCCN. The third-order valence-corrected chi connectivity index (χ3v) is 2.41. The number of carbonyl (C=O) groups excluding carboxylic acids is 2. The second-order valence-electron chi connectivity index (χ2n) is 4.43. The number of ether oxygens (including phenoxy) is 1. The predicted molar refractivity (Wildman–Crippen MR) is 69.2 cm³/mol. The lowest BCUT2D eigenvalue weighted by atomic mass is 10.1. The first-order chi connectivity index (χ1) is 8.47. The number of rotatable bonds is 10. The van der Waals surface area contributed by atoms with E-state index in [0.717, 1.165) is 13.0 Å². The minimum Gasteiger partial charge on any atom is -0.449 e. The molecule has 0 heterocycles. The number of hydrogen-bond donors (Lipinski definition) is 3. The van der Waals surface area contributed by atoms with Crippen LogP contribution in [0.1, 0.15) is 39.0 Å². The van der Waals surface area contributed by atoms with E-state index in [1.165, 1.54) is 0 Å². The summed E-state index contributed by atoms with van der Waals surface area (Å²) in [5, 5.41) is 0. The first kappa shape index (κ1) is 17.0. The Morgan fingerprint density at radius 1 is 1.22 bits per heavy atom. The first-order valence-electron chi connectivity index (χ1n) is 6.25. The van der Waals surface area contributed by atoms with Crippen molar-refractivity contribution in [1.29, 1.82) is 0 Å². The molecule has 6 N–H and O–H groups in total. The molecule has 0 aromatic rings. The summed E-state index contributed by atoms with van der Waals surface area (Å²) >= 11 is 0. The van der Waals surface area contributed by atoms with Crippen molar-refractivity contribution >= 4 is 11.8 Å². The Balaban J connectivity index is 3.67. The fourth-order valence-corrected chi connectivity index (χ4v) is 1.32. The van der Waals surface area contributed by atoms with Gasteiger partial charge in [-0.3, -0.25) is 9.59 Å². The molecule has 1 radical (unpaired) electrons. The number of nitrogens with two attached hydrogens (primary N) is 3. The van der Waals surface area contributed by atoms with E-state index in [4.69, 9.17) is 21.9 Å². The second-order valence-corrected chi connectivity index (χ2v) is 4.43. The van der Waals surface area contributed by atoms with E-state index in [-0.39, 0.29) is 11.8 Å². The Bertz CT molecular complexity index is 257. The quantitative estimate of drug-likeness (QED) is 0.468. The maximum atomic E-state index is 11.3. The fraction of sp³-hybridized carbons (Fsp3) is 0.750. The first-order valence-corrected chi connectivity index (χ1v) is 6.25. The zero-order chi connectivity index (χ0) is 14.0. The van der Waals surface area contributed by atoms with E-state index in [2.05, 4.69) is 0 Å². The van der Waals surface area contributed by atoms with Crippen molar-refractivity contribution in [2.24, 2.45) is 17.2 Å². The van der Waals surface area contributed by atoms with Gasteiger partial charge in [0.2, 0.25) is 6.61 Å². The van der Waals surface area contributed by atoms with E-state index in [0.29, 0.717) is 32.2 Å². The largest absolute Gasteiger partial charge is 0.449 e. The molecule has 0 fully saturated rings. The fourth-order valence-electron chi connectivity index (χ4n) is 1.32. The molecule has 2 atom stereocenters. The summed E-state index contributed by atoms with van der Waals surface area (Å²) in [6, 6.07) is -0.647. The van der Waals surface area contributed by atoms with E-state index in [1.54, 1.807) is 0 Å². The summed E-state index contributed by atoms with van der Waals surface area (Å²) < 4.78 is 4.71. The third-order valence-electron chi connectivity index (χ3n) is 2.41. The van der Waals surface area contributed by atoms with Crippen molar-refractivity contribution in [1.82, 2.24) is 0 Å². The predicted octanol–water partition coefficient (Wildman–Crippen LogP) is -0.156. The van der Waals surface area contributed by atoms with Crippen LogP contribution in [0.4, 0.5) is 0 Å². The lowest BCUT2D eigenvalue weighted by Gasteiger charge is -2.10. The molecule has 0 aliphatic heterocycles. The van der Waals surface area contributed by atoms with Crippen molar-refractivity contribution < 1.29 is 14.3 Å². The summed E-state index contributed by atoms with van der Waals surface area (Å²) in [4.78, 5) is 22.7. The van der Waals surface area contributed by atoms with Crippen LogP contribution in [0.3, 0.4) is 0 Å². The zero-order valence-electron chi connectivity index (χ0n) is 10.9. The summed E-state index contributed by atoms with van der Waals surface area (Å²) in [6.07, 6.45) is 2.89. The van der Waals surface area contributed by atoms with E-state index in [9.17, 15) is 9.59 Å². The molecular formula is C12H24N3O3. The lowest BCUT2D eigenvalue weighted by Crippen LogP contribution is -2.32. The molecule has 0 rings (SSSR count). The van der Waals surface area contributed by atoms with Crippen molar-refractivity contribution in [3.8, 4) is 0 Å². The van der Waals surface area contributed by atoms with Gasteiger partial charge in [0, 0.05) is 12.5 Å². The Labute approximate surface area is 108 Å². The highest BCUT2D eigenvalue weighted by Gasteiger charge is 2.16. The van der Waals surface area contributed by atoms with Crippen LogP contribution in [0.25, 0.3) is 0 Å². The zero-order valence-corrected chi connectivity index (χ0v) is 10.9. The van der Waals surface area contributed by atoms with Crippen molar-refractivity contribution in [3.63, 3.8) is 0 Å². The Morgan fingerprint density at radius 2 is 1.89 bits per heavy atom. The average Bonchev–Trinajstić information content (AvgIpc) is 2.32. The highest BCUT2D eigenvalue weighted by Crippen LogP contribution is 2.03. The van der Waals surface area contributed by atoms with E-state index in [1.807, 2.05) is 6.92 Å². The molecule has 0 aliphatic carbocycles. The van der Waals surface area contributed by atoms with Gasteiger partial charge in [0.25, 0.3) is 0 Å². The van der Waals surface area contributed by atoms with Gasteiger partial charge in [0.15, 0.2) is 5.78 Å². The number of hydrogen-bond acceptors (Lipinski definition) is 6. The van der Waals surface area contributed by atoms with Crippen LogP contribution in [0.5, 0.6) is 0 Å². The van der Waals surface area contributed by atoms with Gasteiger partial charge in [-0.1, -0.05) is 0 Å². The second kappa shape index (κ2) is 9.99. The highest BCUT2D eigenvalue weighted by molar-refractivity contribution is 5.88. The molecule has 0 aromatic carbocycles. The van der Waals surface area contributed by atoms with Crippen LogP contribution in [0.15, 0.2) is 0 Å². The van der Waals surface area contributed by atoms with Crippen molar-refractivity contribution in [3.05, 3.63) is 6.61 Å². The van der Waals surface area contributed by atoms with Crippen molar-refractivity contribution in [2.45, 2.75) is 51.1 Å². The molecule has 1 unspecified atom stereocenters. The number of esters is 1. The molecule has 0 amide bonds. The summed E-state index contributed by atoms with van der Waals surface area (Å²) in [5.74, 6) is -0.820. The van der Waals surface area contributed by atoms with Crippen molar-refractivity contribution in [2.75, 3.05) is 6.54 Å². The van der Waals surface area contributed by atoms with Crippen LogP contribution < -0.4 is 17.2 Å². The topological polar surface area (TPSA) is 121 Å². The van der Waals surface area contributed by atoms with E-state index >= 15 is 0 Å². The normalized spacial score (nSPS) is 14.0. The number of carbonyl (C=O) groups is 2. The molecular weight excluding hydrogens is 234 g/mol. The molecule has 18 heavy (non-hydrogen) atoms. The Morgan fingerprint density at radius 3 is 2.44 bits per heavy atom. The maximum absolute atomic E-state index is 11.3. The molecule has 0 bridgehead atoms. The number of ketones is 1. The minimum absolute atomic E-state index is 0.0741. The summed E-state index contributed by atoms with van der Waals surface area (Å²) in [6.45, 7) is 3.29. The minimum atomic E-state index is -0.721. The Hall–Kier alpha value is -0.980. The van der Waals surface area contributed by atoms with Gasteiger partial charge < -0.3 is 21.9 Å². The van der Waals surface area contributed by atoms with Gasteiger partial charge in [-0.15, -0.1) is 0 Å². The number of Topliss-reactive ketones (excluding diaryl/α,β-unsaturated/α-hetero) is 1. The third kappa shape index (κ3) is 9.09. The smallest absolute Gasteiger partial charge is 0.323 e. The Kier molecular flexibility index (Phi) is 9.45. The molecule has 6 heteroatoms. The standard InChI is InChI=1S/C12H24N3O3/c1-9(14)4-2-5-10(16)8-18-12(17)11(15)6-3-7-13/h8-9,11H,2-7,13-15H2,1H3/t9?,11-/m0/s1. The van der Waals surface area contributed by atoms with Crippen LogP contribution in [-0.4, -0.2) is 30.4 Å². The van der Waals surface area contributed by atoms with Crippen LogP contribution in [-0.2, 0) is 14.3 Å². The lowest BCUT2D eigenvalue weighted by molar-refractivity contribution is -0.144.